The fourth-order valence-electron chi connectivity index (χ4n) is 2.88. The van der Waals surface area contributed by atoms with E-state index in [0.717, 1.165) is 32.4 Å². The van der Waals surface area contributed by atoms with Crippen LogP contribution >= 0.6 is 0 Å². The molecule has 0 aromatic carbocycles. The number of hydrogen-bond donors (Lipinski definition) is 2. The minimum absolute atomic E-state index is 0.118. The van der Waals surface area contributed by atoms with Crippen molar-refractivity contribution in [3.8, 4) is 0 Å². The molecule has 0 aliphatic carbocycles. The average molecular weight is 240 g/mol. The zero-order chi connectivity index (χ0) is 13.1. The molecule has 2 N–H and O–H groups in total. The molecule has 1 aliphatic rings. The monoisotopic (exact) mass is 240 g/mol. The Morgan fingerprint density at radius 1 is 1.29 bits per heavy atom. The van der Waals surface area contributed by atoms with Crippen molar-refractivity contribution in [1.82, 2.24) is 10.6 Å². The van der Waals surface area contributed by atoms with Crippen LogP contribution in [0.1, 0.15) is 53.9 Å². The highest BCUT2D eigenvalue weighted by Crippen LogP contribution is 2.27. The highest BCUT2D eigenvalue weighted by molar-refractivity contribution is 5.79. The Morgan fingerprint density at radius 2 is 1.94 bits per heavy atom. The largest absolute Gasteiger partial charge is 0.351 e. The van der Waals surface area contributed by atoms with Crippen molar-refractivity contribution in [2.75, 3.05) is 13.1 Å². The lowest BCUT2D eigenvalue weighted by Crippen LogP contribution is -2.50. The number of nitrogens with one attached hydrogen (secondary N) is 2. The Hall–Kier alpha value is -0.570. The molecule has 1 heterocycles. The van der Waals surface area contributed by atoms with Crippen LogP contribution in [0.5, 0.6) is 0 Å². The van der Waals surface area contributed by atoms with Gasteiger partial charge in [-0.25, -0.2) is 0 Å². The van der Waals surface area contributed by atoms with Gasteiger partial charge in [-0.05, 0) is 45.1 Å². The first kappa shape index (κ1) is 14.5. The zero-order valence-electron chi connectivity index (χ0n) is 12.0. The average Bonchev–Trinajstić information content (AvgIpc) is 2.14. The molecule has 1 atom stereocenters. The Morgan fingerprint density at radius 3 is 2.41 bits per heavy atom. The van der Waals surface area contributed by atoms with Gasteiger partial charge in [0.2, 0.25) is 5.91 Å². The summed E-state index contributed by atoms with van der Waals surface area (Å²) in [5, 5.41) is 6.49. The topological polar surface area (TPSA) is 41.1 Å². The van der Waals surface area contributed by atoms with E-state index in [4.69, 9.17) is 0 Å². The molecule has 3 heteroatoms. The van der Waals surface area contributed by atoms with E-state index >= 15 is 0 Å². The molecule has 100 valence electrons. The molecule has 1 saturated heterocycles. The summed E-state index contributed by atoms with van der Waals surface area (Å²) in [4.78, 5) is 12.1. The van der Waals surface area contributed by atoms with Crippen molar-refractivity contribution >= 4 is 5.91 Å². The number of hydrogen-bond acceptors (Lipinski definition) is 2. The Balaban J connectivity index is 2.48. The van der Waals surface area contributed by atoms with Crippen LogP contribution in [0, 0.1) is 11.3 Å². The summed E-state index contributed by atoms with van der Waals surface area (Å²) in [5.74, 6) is 0.370. The predicted octanol–water partition coefficient (Wildman–Crippen LogP) is 2.32. The third-order valence-corrected chi connectivity index (χ3v) is 3.10. The number of carbonyl (C=O) groups excluding carboxylic acids is 1. The molecule has 3 nitrogen and oxygen atoms in total. The summed E-state index contributed by atoms with van der Waals surface area (Å²) in [6.07, 6.45) is 3.12. The molecule has 0 saturated carbocycles. The van der Waals surface area contributed by atoms with Crippen LogP contribution in [0.25, 0.3) is 0 Å². The minimum atomic E-state index is -0.118. The molecule has 0 bridgehead atoms. The molecule has 1 amide bonds. The molecule has 0 spiro atoms. The molecule has 0 radical (unpaired) electrons. The van der Waals surface area contributed by atoms with Crippen molar-refractivity contribution in [2.24, 2.45) is 11.3 Å². The Bertz CT molecular complexity index is 260. The fourth-order valence-corrected chi connectivity index (χ4v) is 2.88. The Kier molecular flexibility index (Phi) is 4.59. The van der Waals surface area contributed by atoms with Crippen molar-refractivity contribution in [1.29, 1.82) is 0 Å². The van der Waals surface area contributed by atoms with Gasteiger partial charge in [0.25, 0.3) is 0 Å². The van der Waals surface area contributed by atoms with Gasteiger partial charge >= 0.3 is 0 Å². The lowest BCUT2D eigenvalue weighted by molar-refractivity contribution is -0.127. The van der Waals surface area contributed by atoms with E-state index in [1.807, 2.05) is 0 Å². The highest BCUT2D eigenvalue weighted by atomic mass is 16.2. The van der Waals surface area contributed by atoms with Crippen molar-refractivity contribution < 1.29 is 4.79 Å². The van der Waals surface area contributed by atoms with Gasteiger partial charge in [0, 0.05) is 12.1 Å². The number of amides is 1. The molecule has 17 heavy (non-hydrogen) atoms. The second-order valence-electron chi connectivity index (χ2n) is 7.15. The molecule has 1 aliphatic heterocycles. The van der Waals surface area contributed by atoms with Gasteiger partial charge in [-0.3, -0.25) is 4.79 Å². The predicted molar refractivity (Wildman–Crippen MR) is 71.9 cm³/mol. The highest BCUT2D eigenvalue weighted by Gasteiger charge is 2.30. The van der Waals surface area contributed by atoms with E-state index in [2.05, 4.69) is 45.3 Å². The minimum Gasteiger partial charge on any atom is -0.351 e. The van der Waals surface area contributed by atoms with E-state index < -0.39 is 0 Å². The van der Waals surface area contributed by atoms with Crippen LogP contribution in [0.2, 0.25) is 0 Å². The quantitative estimate of drug-likeness (QED) is 0.795. The van der Waals surface area contributed by atoms with Crippen LogP contribution in [-0.2, 0) is 4.79 Å². The summed E-state index contributed by atoms with van der Waals surface area (Å²) in [6, 6.07) is 0. The number of rotatable bonds is 3. The molecule has 1 rings (SSSR count). The molecule has 0 unspecified atom stereocenters. The summed E-state index contributed by atoms with van der Waals surface area (Å²) >= 11 is 0. The summed E-state index contributed by atoms with van der Waals surface area (Å²) in [7, 11) is 0. The van der Waals surface area contributed by atoms with Gasteiger partial charge in [-0.1, -0.05) is 20.8 Å². The lowest BCUT2D eigenvalue weighted by Gasteiger charge is -2.35. The summed E-state index contributed by atoms with van der Waals surface area (Å²) in [6.45, 7) is 12.8. The maximum Gasteiger partial charge on any atom is 0.224 e. The molecular weight excluding hydrogens is 212 g/mol. The SMILES string of the molecule is CC(C)(C)CC(C)(C)NC(=O)[C@@H]1CCCNC1. The lowest BCUT2D eigenvalue weighted by atomic mass is 9.81. The van der Waals surface area contributed by atoms with Crippen LogP contribution in [-0.4, -0.2) is 24.5 Å². The molecular formula is C14H28N2O. The number of carbonyl (C=O) groups is 1. The van der Waals surface area contributed by atoms with Gasteiger partial charge < -0.3 is 10.6 Å². The standard InChI is InChI=1S/C14H28N2O/c1-13(2,3)10-14(4,5)16-12(17)11-7-6-8-15-9-11/h11,15H,6-10H2,1-5H3,(H,16,17)/t11-/m1/s1. The van der Waals surface area contributed by atoms with E-state index in [1.165, 1.54) is 0 Å². The molecule has 1 fully saturated rings. The Labute approximate surface area is 106 Å². The molecule has 0 aromatic heterocycles. The smallest absolute Gasteiger partial charge is 0.224 e. The van der Waals surface area contributed by atoms with Gasteiger partial charge in [0.05, 0.1) is 5.92 Å². The first-order valence-electron chi connectivity index (χ1n) is 6.72. The van der Waals surface area contributed by atoms with E-state index in [-0.39, 0.29) is 22.8 Å². The van der Waals surface area contributed by atoms with Gasteiger partial charge in [0.15, 0.2) is 0 Å². The second-order valence-corrected chi connectivity index (χ2v) is 7.15. The van der Waals surface area contributed by atoms with Gasteiger partial charge in [-0.15, -0.1) is 0 Å². The van der Waals surface area contributed by atoms with Crippen molar-refractivity contribution in [3.05, 3.63) is 0 Å². The van der Waals surface area contributed by atoms with Crippen LogP contribution in [0.15, 0.2) is 0 Å². The fraction of sp³-hybridized carbons (Fsp3) is 0.929. The number of piperidine rings is 1. The first-order chi connectivity index (χ1) is 7.70. The normalized spacial score (nSPS) is 22.3. The van der Waals surface area contributed by atoms with Crippen molar-refractivity contribution in [3.63, 3.8) is 0 Å². The van der Waals surface area contributed by atoms with E-state index in [9.17, 15) is 4.79 Å². The summed E-state index contributed by atoms with van der Waals surface area (Å²) < 4.78 is 0. The third kappa shape index (κ3) is 5.53. The maximum absolute atomic E-state index is 12.1. The third-order valence-electron chi connectivity index (χ3n) is 3.10. The summed E-state index contributed by atoms with van der Waals surface area (Å²) in [5.41, 5.74) is 0.119. The maximum atomic E-state index is 12.1. The van der Waals surface area contributed by atoms with E-state index in [1.54, 1.807) is 0 Å². The van der Waals surface area contributed by atoms with Crippen molar-refractivity contribution in [2.45, 2.75) is 59.4 Å². The van der Waals surface area contributed by atoms with E-state index in [0.29, 0.717) is 0 Å². The zero-order valence-corrected chi connectivity index (χ0v) is 12.0. The van der Waals surface area contributed by atoms with Crippen LogP contribution in [0.4, 0.5) is 0 Å². The first-order valence-corrected chi connectivity index (χ1v) is 6.72. The molecule has 0 aromatic rings. The van der Waals surface area contributed by atoms with Gasteiger partial charge in [-0.2, -0.15) is 0 Å². The second kappa shape index (κ2) is 5.38. The van der Waals surface area contributed by atoms with Crippen LogP contribution < -0.4 is 10.6 Å². The van der Waals surface area contributed by atoms with Crippen LogP contribution in [0.3, 0.4) is 0 Å². The van der Waals surface area contributed by atoms with Gasteiger partial charge in [0.1, 0.15) is 0 Å².